The molecule has 1 fully saturated rings. The quantitative estimate of drug-likeness (QED) is 0.277. The Balaban J connectivity index is 2.20. The number of hydrogen-bond donors (Lipinski definition) is 1. The van der Waals surface area contributed by atoms with Gasteiger partial charge in [0.2, 0.25) is 0 Å². The van der Waals surface area contributed by atoms with Crippen molar-refractivity contribution in [2.75, 3.05) is 6.54 Å². The number of amides is 1. The highest BCUT2D eigenvalue weighted by Gasteiger charge is 2.40. The van der Waals surface area contributed by atoms with Crippen LogP contribution >= 0.6 is 0 Å². The minimum absolute atomic E-state index is 0.212. The van der Waals surface area contributed by atoms with E-state index in [2.05, 4.69) is 20.8 Å². The summed E-state index contributed by atoms with van der Waals surface area (Å²) in [6, 6.07) is 9.84. The molecule has 0 aromatic heterocycles. The molecule has 0 bridgehead atoms. The highest BCUT2D eigenvalue weighted by atomic mass is 16.7. The molecule has 1 aliphatic rings. The molecule has 3 unspecified atom stereocenters. The van der Waals surface area contributed by atoms with Crippen molar-refractivity contribution in [3.8, 4) is 0 Å². The number of carboxylic acids is 1. The van der Waals surface area contributed by atoms with Gasteiger partial charge in [-0.25, -0.2) is 4.79 Å². The molecule has 0 saturated heterocycles. The molecule has 1 aromatic rings. The summed E-state index contributed by atoms with van der Waals surface area (Å²) in [5.41, 5.74) is 0.387. The number of carboxylic acid groups (broad SMARTS) is 1. The highest BCUT2D eigenvalue weighted by molar-refractivity contribution is 5.67. The van der Waals surface area contributed by atoms with Crippen LogP contribution in [-0.4, -0.2) is 34.4 Å². The Morgan fingerprint density at radius 2 is 1.76 bits per heavy atom. The molecule has 6 heteroatoms. The van der Waals surface area contributed by atoms with Gasteiger partial charge in [-0.1, -0.05) is 63.9 Å². The van der Waals surface area contributed by atoms with E-state index in [1.54, 1.807) is 0 Å². The Morgan fingerprint density at radius 3 is 2.35 bits per heavy atom. The third-order valence-corrected chi connectivity index (χ3v) is 7.02. The van der Waals surface area contributed by atoms with Gasteiger partial charge >= 0.3 is 12.1 Å². The smallest absolute Gasteiger partial charge is 0.434 e. The first-order valence-electron chi connectivity index (χ1n) is 12.9. The van der Waals surface area contributed by atoms with Gasteiger partial charge in [-0.3, -0.25) is 9.63 Å². The first-order chi connectivity index (χ1) is 16.0. The van der Waals surface area contributed by atoms with Crippen LogP contribution in [-0.2, 0) is 21.0 Å². The van der Waals surface area contributed by atoms with E-state index in [0.717, 1.165) is 24.8 Å². The molecule has 0 radical (unpaired) electrons. The van der Waals surface area contributed by atoms with Crippen LogP contribution in [0.1, 0.15) is 85.6 Å². The van der Waals surface area contributed by atoms with Crippen LogP contribution in [0.3, 0.4) is 0 Å². The molecular formula is C28H45NO5. The summed E-state index contributed by atoms with van der Waals surface area (Å²) in [7, 11) is 0. The second kappa shape index (κ2) is 13.1. The van der Waals surface area contributed by atoms with Gasteiger partial charge in [0.1, 0.15) is 12.2 Å². The fraction of sp³-hybridized carbons (Fsp3) is 0.714. The van der Waals surface area contributed by atoms with Crippen molar-refractivity contribution in [1.82, 2.24) is 5.06 Å². The van der Waals surface area contributed by atoms with Crippen LogP contribution in [0, 0.1) is 29.6 Å². The van der Waals surface area contributed by atoms with E-state index in [1.165, 1.54) is 11.5 Å². The number of hydrogen-bond acceptors (Lipinski definition) is 4. The predicted molar refractivity (Wildman–Crippen MR) is 134 cm³/mol. The third-order valence-electron chi connectivity index (χ3n) is 7.02. The van der Waals surface area contributed by atoms with Crippen molar-refractivity contribution in [1.29, 1.82) is 0 Å². The summed E-state index contributed by atoms with van der Waals surface area (Å²) >= 11 is 0. The van der Waals surface area contributed by atoms with Crippen molar-refractivity contribution in [2.24, 2.45) is 29.6 Å². The van der Waals surface area contributed by atoms with Gasteiger partial charge in [0.25, 0.3) is 0 Å². The SMILES string of the molecule is CC(C)C1CCC(C)[C@H](CN(OCc2ccccc2)C(=O)OC(C)(C)C)C1CCCCC(=O)O. The topological polar surface area (TPSA) is 76.1 Å². The van der Waals surface area contributed by atoms with E-state index in [0.29, 0.717) is 43.2 Å². The van der Waals surface area contributed by atoms with E-state index in [4.69, 9.17) is 14.7 Å². The number of carbonyl (C=O) groups is 2. The maximum atomic E-state index is 13.1. The Hall–Kier alpha value is -2.08. The van der Waals surface area contributed by atoms with E-state index in [-0.39, 0.29) is 12.3 Å². The molecule has 6 nitrogen and oxygen atoms in total. The van der Waals surface area contributed by atoms with Crippen LogP contribution in [0.2, 0.25) is 0 Å². The van der Waals surface area contributed by atoms with Crippen molar-refractivity contribution < 1.29 is 24.3 Å². The summed E-state index contributed by atoms with van der Waals surface area (Å²) in [4.78, 5) is 30.2. The van der Waals surface area contributed by atoms with Gasteiger partial charge in [0.15, 0.2) is 0 Å². The zero-order valence-electron chi connectivity index (χ0n) is 22.0. The lowest BCUT2D eigenvalue weighted by Gasteiger charge is -2.45. The van der Waals surface area contributed by atoms with Gasteiger partial charge in [-0.2, -0.15) is 5.06 Å². The summed E-state index contributed by atoms with van der Waals surface area (Å²) < 4.78 is 5.70. The average molecular weight is 476 g/mol. The second-order valence-corrected chi connectivity index (χ2v) is 11.2. The number of unbranched alkanes of at least 4 members (excludes halogenated alkanes) is 1. The Bertz CT molecular complexity index is 758. The van der Waals surface area contributed by atoms with Gasteiger partial charge in [-0.15, -0.1) is 0 Å². The number of hydroxylamine groups is 2. The molecule has 34 heavy (non-hydrogen) atoms. The number of benzene rings is 1. The Labute approximate surface area is 206 Å². The number of nitrogens with zero attached hydrogens (tertiary/aromatic N) is 1. The van der Waals surface area contributed by atoms with Crippen molar-refractivity contribution in [3.05, 3.63) is 35.9 Å². The third kappa shape index (κ3) is 9.28. The summed E-state index contributed by atoms with van der Waals surface area (Å²) in [5.74, 6) is 1.50. The molecule has 192 valence electrons. The monoisotopic (exact) mass is 475 g/mol. The molecule has 1 amide bonds. The van der Waals surface area contributed by atoms with Gasteiger partial charge < -0.3 is 9.84 Å². The highest BCUT2D eigenvalue weighted by Crippen LogP contribution is 2.45. The van der Waals surface area contributed by atoms with E-state index < -0.39 is 17.7 Å². The van der Waals surface area contributed by atoms with Crippen molar-refractivity contribution in [2.45, 2.75) is 92.3 Å². The number of rotatable bonds is 11. The molecule has 0 spiro atoms. The Kier molecular flexibility index (Phi) is 10.9. The minimum atomic E-state index is -0.737. The maximum Gasteiger partial charge on any atom is 0.434 e. The standard InChI is InChI=1S/C28H45NO5/c1-20(2)23-17-16-21(3)25(24(23)14-10-11-15-26(30)31)18-29(27(32)34-28(4,5)6)33-19-22-12-8-7-9-13-22/h7-9,12-13,20-21,23-25H,10-11,14-19H2,1-6H3,(H,30,31)/t21?,23?,24?,25-/m0/s1. The fourth-order valence-corrected chi connectivity index (χ4v) is 5.26. The van der Waals surface area contributed by atoms with Gasteiger partial charge in [-0.05, 0) is 75.2 Å². The minimum Gasteiger partial charge on any atom is -0.481 e. The van der Waals surface area contributed by atoms with Gasteiger partial charge in [0, 0.05) is 6.42 Å². The number of carbonyl (C=O) groups excluding carboxylic acids is 1. The molecule has 1 saturated carbocycles. The molecular weight excluding hydrogens is 430 g/mol. The maximum absolute atomic E-state index is 13.1. The molecule has 1 aromatic carbocycles. The first kappa shape index (κ1) is 28.2. The average Bonchev–Trinajstić information content (AvgIpc) is 2.74. The largest absolute Gasteiger partial charge is 0.481 e. The van der Waals surface area contributed by atoms with E-state index >= 15 is 0 Å². The van der Waals surface area contributed by atoms with Crippen LogP contribution in [0.25, 0.3) is 0 Å². The lowest BCUT2D eigenvalue weighted by molar-refractivity contribution is -0.172. The Morgan fingerprint density at radius 1 is 1.09 bits per heavy atom. The predicted octanol–water partition coefficient (Wildman–Crippen LogP) is 6.93. The number of ether oxygens (including phenoxy) is 1. The summed E-state index contributed by atoms with van der Waals surface area (Å²) in [5, 5.41) is 10.5. The van der Waals surface area contributed by atoms with Crippen molar-refractivity contribution >= 4 is 12.1 Å². The summed E-state index contributed by atoms with van der Waals surface area (Å²) in [6.07, 6.45) is 4.62. The summed E-state index contributed by atoms with van der Waals surface area (Å²) in [6.45, 7) is 13.2. The first-order valence-corrected chi connectivity index (χ1v) is 12.9. The van der Waals surface area contributed by atoms with E-state index in [1.807, 2.05) is 51.1 Å². The fourth-order valence-electron chi connectivity index (χ4n) is 5.26. The number of aliphatic carboxylic acids is 1. The van der Waals surface area contributed by atoms with Crippen LogP contribution in [0.15, 0.2) is 30.3 Å². The molecule has 1 aliphatic carbocycles. The molecule has 1 N–H and O–H groups in total. The van der Waals surface area contributed by atoms with Crippen molar-refractivity contribution in [3.63, 3.8) is 0 Å². The molecule has 0 heterocycles. The second-order valence-electron chi connectivity index (χ2n) is 11.2. The normalized spacial score (nSPS) is 23.0. The lowest BCUT2D eigenvalue weighted by Crippen LogP contribution is -2.46. The zero-order chi connectivity index (χ0) is 25.3. The van der Waals surface area contributed by atoms with Crippen LogP contribution in [0.4, 0.5) is 4.79 Å². The molecule has 2 rings (SSSR count). The zero-order valence-corrected chi connectivity index (χ0v) is 22.0. The van der Waals surface area contributed by atoms with Crippen LogP contribution < -0.4 is 0 Å². The molecule has 4 atom stereocenters. The van der Waals surface area contributed by atoms with Crippen LogP contribution in [0.5, 0.6) is 0 Å². The molecule has 0 aliphatic heterocycles. The lowest BCUT2D eigenvalue weighted by atomic mass is 9.62. The van der Waals surface area contributed by atoms with Gasteiger partial charge in [0.05, 0.1) is 6.54 Å². The van der Waals surface area contributed by atoms with E-state index in [9.17, 15) is 9.59 Å².